The fraction of sp³-hybridized carbons (Fsp3) is 0.500. The summed E-state index contributed by atoms with van der Waals surface area (Å²) < 4.78 is 0. The van der Waals surface area contributed by atoms with Crippen molar-refractivity contribution < 1.29 is 9.90 Å². The molecule has 0 aliphatic carbocycles. The Kier molecular flexibility index (Phi) is 4.10. The van der Waals surface area contributed by atoms with Crippen molar-refractivity contribution in [1.82, 2.24) is 4.90 Å². The zero-order chi connectivity index (χ0) is 10.6. The maximum absolute atomic E-state index is 11.7. The first-order chi connectivity index (χ1) is 6.61. The highest BCUT2D eigenvalue weighted by Gasteiger charge is 2.12. The second-order valence-corrected chi connectivity index (χ2v) is 4.29. The second-order valence-electron chi connectivity index (χ2n) is 3.34. The largest absolute Gasteiger partial charge is 0.393 e. The number of nitrogens with zero attached hydrogens (tertiary/aromatic N) is 1. The lowest BCUT2D eigenvalue weighted by molar-refractivity contribution is 0.0773. The number of amides is 1. The number of carbonyl (C=O) groups excluding carboxylic acids is 1. The number of hydrogen-bond donors (Lipinski definition) is 1. The number of aliphatic hydroxyl groups excluding tert-OH is 1. The summed E-state index contributed by atoms with van der Waals surface area (Å²) in [6, 6.07) is 3.67. The molecular formula is C10H15NO2S. The Labute approximate surface area is 88.0 Å². The van der Waals surface area contributed by atoms with Crippen LogP contribution in [0.2, 0.25) is 0 Å². The van der Waals surface area contributed by atoms with Crippen molar-refractivity contribution in [3.8, 4) is 0 Å². The molecule has 78 valence electrons. The Hall–Kier alpha value is -0.870. The third-order valence-electron chi connectivity index (χ3n) is 1.96. The first-order valence-corrected chi connectivity index (χ1v) is 5.46. The third-order valence-corrected chi connectivity index (χ3v) is 2.82. The molecule has 1 N–H and O–H groups in total. The van der Waals surface area contributed by atoms with Gasteiger partial charge in [0.15, 0.2) is 0 Å². The van der Waals surface area contributed by atoms with E-state index in [1.807, 2.05) is 17.5 Å². The van der Waals surface area contributed by atoms with Gasteiger partial charge >= 0.3 is 0 Å². The third kappa shape index (κ3) is 3.12. The van der Waals surface area contributed by atoms with Crippen LogP contribution in [0, 0.1) is 0 Å². The maximum atomic E-state index is 11.7. The summed E-state index contributed by atoms with van der Waals surface area (Å²) in [5, 5.41) is 11.0. The standard InChI is InChI=1S/C10H15NO2S/c1-8(12)5-6-11(2)10(13)9-4-3-7-14-9/h3-4,7-8,12H,5-6H2,1-2H3. The zero-order valence-electron chi connectivity index (χ0n) is 8.43. The lowest BCUT2D eigenvalue weighted by atomic mass is 10.2. The Morgan fingerprint density at radius 2 is 2.43 bits per heavy atom. The Morgan fingerprint density at radius 1 is 1.71 bits per heavy atom. The van der Waals surface area contributed by atoms with Crippen molar-refractivity contribution in [1.29, 1.82) is 0 Å². The first-order valence-electron chi connectivity index (χ1n) is 4.58. The van der Waals surface area contributed by atoms with Gasteiger partial charge in [-0.2, -0.15) is 0 Å². The van der Waals surface area contributed by atoms with Gasteiger partial charge in [-0.15, -0.1) is 11.3 Å². The van der Waals surface area contributed by atoms with Gasteiger partial charge < -0.3 is 10.0 Å². The molecule has 14 heavy (non-hydrogen) atoms. The van der Waals surface area contributed by atoms with E-state index in [9.17, 15) is 4.79 Å². The molecule has 1 amide bonds. The fourth-order valence-corrected chi connectivity index (χ4v) is 1.79. The second kappa shape index (κ2) is 5.12. The normalized spacial score (nSPS) is 12.5. The van der Waals surface area contributed by atoms with Gasteiger partial charge in [0, 0.05) is 13.6 Å². The van der Waals surface area contributed by atoms with E-state index in [1.54, 1.807) is 18.9 Å². The van der Waals surface area contributed by atoms with Crippen LogP contribution < -0.4 is 0 Å². The van der Waals surface area contributed by atoms with Crippen molar-refractivity contribution in [2.75, 3.05) is 13.6 Å². The quantitative estimate of drug-likeness (QED) is 0.825. The molecule has 1 atom stereocenters. The Morgan fingerprint density at radius 3 is 2.93 bits per heavy atom. The van der Waals surface area contributed by atoms with E-state index in [2.05, 4.69) is 0 Å². The van der Waals surface area contributed by atoms with E-state index < -0.39 is 0 Å². The van der Waals surface area contributed by atoms with Crippen molar-refractivity contribution in [3.63, 3.8) is 0 Å². The fourth-order valence-electron chi connectivity index (χ4n) is 1.07. The molecule has 1 unspecified atom stereocenters. The number of rotatable bonds is 4. The van der Waals surface area contributed by atoms with E-state index in [0.29, 0.717) is 13.0 Å². The summed E-state index contributed by atoms with van der Waals surface area (Å²) in [5.74, 6) is 0.0284. The minimum atomic E-state index is -0.353. The van der Waals surface area contributed by atoms with Crippen LogP contribution in [0.4, 0.5) is 0 Å². The monoisotopic (exact) mass is 213 g/mol. The summed E-state index contributed by atoms with van der Waals surface area (Å²) in [5.41, 5.74) is 0. The topological polar surface area (TPSA) is 40.5 Å². The highest BCUT2D eigenvalue weighted by atomic mass is 32.1. The molecule has 0 fully saturated rings. The van der Waals surface area contributed by atoms with Crippen LogP contribution in [-0.4, -0.2) is 35.6 Å². The molecule has 4 heteroatoms. The van der Waals surface area contributed by atoms with Gasteiger partial charge in [-0.25, -0.2) is 0 Å². The van der Waals surface area contributed by atoms with Crippen LogP contribution in [0.5, 0.6) is 0 Å². The van der Waals surface area contributed by atoms with Crippen LogP contribution in [0.1, 0.15) is 23.0 Å². The summed E-state index contributed by atoms with van der Waals surface area (Å²) in [4.78, 5) is 14.1. The molecule has 0 spiro atoms. The molecule has 1 heterocycles. The molecule has 1 aromatic heterocycles. The number of carbonyl (C=O) groups is 1. The molecule has 0 saturated heterocycles. The lowest BCUT2D eigenvalue weighted by Gasteiger charge is -2.16. The highest BCUT2D eigenvalue weighted by Crippen LogP contribution is 2.11. The van der Waals surface area contributed by atoms with Gasteiger partial charge in [0.2, 0.25) is 0 Å². The van der Waals surface area contributed by atoms with E-state index in [-0.39, 0.29) is 12.0 Å². The minimum Gasteiger partial charge on any atom is -0.393 e. The van der Waals surface area contributed by atoms with Crippen LogP contribution in [-0.2, 0) is 0 Å². The summed E-state index contributed by atoms with van der Waals surface area (Å²) in [6.45, 7) is 2.32. The minimum absolute atomic E-state index is 0.0284. The Bertz CT molecular complexity index is 282. The van der Waals surface area contributed by atoms with E-state index >= 15 is 0 Å². The van der Waals surface area contributed by atoms with Crippen molar-refractivity contribution in [3.05, 3.63) is 22.4 Å². The zero-order valence-corrected chi connectivity index (χ0v) is 9.25. The SMILES string of the molecule is CC(O)CCN(C)C(=O)c1cccs1. The van der Waals surface area contributed by atoms with Gasteiger partial charge in [-0.3, -0.25) is 4.79 Å². The summed E-state index contributed by atoms with van der Waals surface area (Å²) in [7, 11) is 1.75. The van der Waals surface area contributed by atoms with Gasteiger partial charge in [-0.1, -0.05) is 6.07 Å². The van der Waals surface area contributed by atoms with E-state index in [1.165, 1.54) is 11.3 Å². The van der Waals surface area contributed by atoms with Crippen LogP contribution in [0.15, 0.2) is 17.5 Å². The number of thiophene rings is 1. The molecule has 0 aliphatic heterocycles. The van der Waals surface area contributed by atoms with Gasteiger partial charge in [-0.05, 0) is 24.8 Å². The van der Waals surface area contributed by atoms with Gasteiger partial charge in [0.1, 0.15) is 0 Å². The molecule has 1 aromatic rings. The predicted octanol–water partition coefficient (Wildman–Crippen LogP) is 1.59. The smallest absolute Gasteiger partial charge is 0.263 e. The molecular weight excluding hydrogens is 198 g/mol. The highest BCUT2D eigenvalue weighted by molar-refractivity contribution is 7.12. The first kappa shape index (κ1) is 11.2. The van der Waals surface area contributed by atoms with Crippen LogP contribution in [0.3, 0.4) is 0 Å². The average Bonchev–Trinajstić information content (AvgIpc) is 2.65. The average molecular weight is 213 g/mol. The maximum Gasteiger partial charge on any atom is 0.263 e. The predicted molar refractivity (Wildman–Crippen MR) is 57.6 cm³/mol. The molecule has 1 rings (SSSR count). The molecule has 0 aromatic carbocycles. The molecule has 0 bridgehead atoms. The molecule has 0 aliphatic rings. The molecule has 0 saturated carbocycles. The van der Waals surface area contributed by atoms with Crippen molar-refractivity contribution >= 4 is 17.2 Å². The summed E-state index contributed by atoms with van der Waals surface area (Å²) >= 11 is 1.44. The number of aliphatic hydroxyl groups is 1. The van der Waals surface area contributed by atoms with Crippen LogP contribution >= 0.6 is 11.3 Å². The van der Waals surface area contributed by atoms with Crippen molar-refractivity contribution in [2.24, 2.45) is 0 Å². The Balaban J connectivity index is 2.45. The van der Waals surface area contributed by atoms with Crippen LogP contribution in [0.25, 0.3) is 0 Å². The number of hydrogen-bond acceptors (Lipinski definition) is 3. The molecule has 3 nitrogen and oxygen atoms in total. The van der Waals surface area contributed by atoms with Crippen molar-refractivity contribution in [2.45, 2.75) is 19.4 Å². The van der Waals surface area contributed by atoms with Gasteiger partial charge in [0.25, 0.3) is 5.91 Å². The van der Waals surface area contributed by atoms with E-state index in [4.69, 9.17) is 5.11 Å². The summed E-state index contributed by atoms with van der Waals surface area (Å²) in [6.07, 6.45) is 0.266. The molecule has 0 radical (unpaired) electrons. The van der Waals surface area contributed by atoms with E-state index in [0.717, 1.165) is 4.88 Å². The lowest BCUT2D eigenvalue weighted by Crippen LogP contribution is -2.28. The van der Waals surface area contributed by atoms with Gasteiger partial charge in [0.05, 0.1) is 11.0 Å².